The highest BCUT2D eigenvalue weighted by Gasteiger charge is 2.46. The molecule has 1 saturated carbocycles. The van der Waals surface area contributed by atoms with E-state index in [-0.39, 0.29) is 23.5 Å². The summed E-state index contributed by atoms with van der Waals surface area (Å²) in [4.78, 5) is 23.5. The topological polar surface area (TPSA) is 91.5 Å². The number of hydrogen-bond acceptors (Lipinski definition) is 7. The van der Waals surface area contributed by atoms with Crippen molar-refractivity contribution in [3.05, 3.63) is 29.7 Å². The molecule has 0 spiro atoms. The van der Waals surface area contributed by atoms with Gasteiger partial charge in [0.25, 0.3) is 0 Å². The third-order valence-corrected chi connectivity index (χ3v) is 4.54. The molecule has 0 bridgehead atoms. The number of carbonyl (C=O) groups excluding carboxylic acids is 1. The van der Waals surface area contributed by atoms with E-state index in [1.165, 1.54) is 31.1 Å². The maximum Gasteiger partial charge on any atom is 0.319 e. The third-order valence-electron chi connectivity index (χ3n) is 4.54. The van der Waals surface area contributed by atoms with E-state index in [2.05, 4.69) is 20.1 Å². The lowest BCUT2D eigenvalue weighted by molar-refractivity contribution is 0.111. The molecule has 0 aromatic carbocycles. The van der Waals surface area contributed by atoms with Gasteiger partial charge in [0.2, 0.25) is 12.3 Å². The smallest absolute Gasteiger partial charge is 0.319 e. The molecule has 0 aliphatic heterocycles. The summed E-state index contributed by atoms with van der Waals surface area (Å²) >= 11 is 0. The lowest BCUT2D eigenvalue weighted by Gasteiger charge is -2.10. The van der Waals surface area contributed by atoms with Crippen LogP contribution in [0.1, 0.15) is 28.4 Å². The summed E-state index contributed by atoms with van der Waals surface area (Å²) in [5, 5.41) is 4.43. The van der Waals surface area contributed by atoms with Gasteiger partial charge in [-0.1, -0.05) is 0 Å². The standard InChI is InChI=1S/C17H15F2N5O3/c1-26-16-12(5-20-17(22-16)27-2)13-4-11(9-3-10(9)14(18)19)15-21-8(7-25)6-24(15)23-13/h4-7,9-10,14H,3H2,1-2H3/t9-,10-/m0/s1. The van der Waals surface area contributed by atoms with E-state index < -0.39 is 12.3 Å². The van der Waals surface area contributed by atoms with E-state index >= 15 is 0 Å². The number of aldehydes is 1. The number of nitrogens with zero attached hydrogens (tertiary/aromatic N) is 5. The number of rotatable bonds is 6. The van der Waals surface area contributed by atoms with Gasteiger partial charge >= 0.3 is 6.01 Å². The number of ether oxygens (including phenoxy) is 2. The number of aromatic nitrogens is 5. The van der Waals surface area contributed by atoms with Crippen LogP contribution < -0.4 is 9.47 Å². The van der Waals surface area contributed by atoms with Crippen LogP contribution in [0, 0.1) is 5.92 Å². The Morgan fingerprint density at radius 3 is 2.74 bits per heavy atom. The van der Waals surface area contributed by atoms with Crippen molar-refractivity contribution in [2.75, 3.05) is 14.2 Å². The molecule has 0 N–H and O–H groups in total. The number of imidazole rings is 1. The van der Waals surface area contributed by atoms with Crippen LogP contribution in [0.15, 0.2) is 18.5 Å². The van der Waals surface area contributed by atoms with Crippen molar-refractivity contribution in [1.82, 2.24) is 24.6 Å². The lowest BCUT2D eigenvalue weighted by Crippen LogP contribution is -2.03. The van der Waals surface area contributed by atoms with Gasteiger partial charge < -0.3 is 9.47 Å². The molecule has 1 fully saturated rings. The molecule has 0 unspecified atom stereocenters. The second-order valence-electron chi connectivity index (χ2n) is 6.16. The molecule has 27 heavy (non-hydrogen) atoms. The Morgan fingerprint density at radius 2 is 2.11 bits per heavy atom. The molecular formula is C17H15F2N5O3. The monoisotopic (exact) mass is 375 g/mol. The maximum atomic E-state index is 13.1. The van der Waals surface area contributed by atoms with Gasteiger partial charge in [0.05, 0.1) is 31.7 Å². The first kappa shape index (κ1) is 17.3. The minimum atomic E-state index is -2.41. The van der Waals surface area contributed by atoms with Crippen LogP contribution in [0.25, 0.3) is 16.9 Å². The van der Waals surface area contributed by atoms with Crippen LogP contribution in [-0.4, -0.2) is 51.5 Å². The van der Waals surface area contributed by atoms with E-state index in [0.717, 1.165) is 0 Å². The first-order valence-electron chi connectivity index (χ1n) is 8.14. The predicted molar refractivity (Wildman–Crippen MR) is 89.4 cm³/mol. The number of carbonyl (C=O) groups is 1. The molecule has 3 heterocycles. The highest BCUT2D eigenvalue weighted by Crippen LogP contribution is 2.52. The fraction of sp³-hybridized carbons (Fsp3) is 0.353. The molecule has 2 atom stereocenters. The Labute approximate surface area is 152 Å². The van der Waals surface area contributed by atoms with Crippen molar-refractivity contribution in [1.29, 1.82) is 0 Å². The molecule has 10 heteroatoms. The average Bonchev–Trinajstić information content (AvgIpc) is 3.38. The summed E-state index contributed by atoms with van der Waals surface area (Å²) in [6.07, 6.45) is 1.47. The molecule has 8 nitrogen and oxygen atoms in total. The lowest BCUT2D eigenvalue weighted by atomic mass is 10.1. The average molecular weight is 375 g/mol. The van der Waals surface area contributed by atoms with Crippen molar-refractivity contribution in [2.45, 2.75) is 18.8 Å². The van der Waals surface area contributed by atoms with E-state index in [1.807, 2.05) is 0 Å². The zero-order valence-corrected chi connectivity index (χ0v) is 14.5. The fourth-order valence-corrected chi connectivity index (χ4v) is 3.11. The van der Waals surface area contributed by atoms with Crippen molar-refractivity contribution < 1.29 is 23.0 Å². The van der Waals surface area contributed by atoms with E-state index in [4.69, 9.17) is 9.47 Å². The number of methoxy groups -OCH3 is 2. The van der Waals surface area contributed by atoms with Crippen molar-refractivity contribution >= 4 is 11.9 Å². The molecule has 1 aliphatic rings. The second kappa shape index (κ2) is 6.53. The summed E-state index contributed by atoms with van der Waals surface area (Å²) in [5.74, 6) is -0.840. The van der Waals surface area contributed by atoms with E-state index in [0.29, 0.717) is 35.2 Å². The zero-order chi connectivity index (χ0) is 19.1. The molecule has 3 aromatic rings. The van der Waals surface area contributed by atoms with Gasteiger partial charge in [-0.2, -0.15) is 10.1 Å². The van der Waals surface area contributed by atoms with Crippen LogP contribution in [0.4, 0.5) is 8.78 Å². The minimum Gasteiger partial charge on any atom is -0.480 e. The Bertz CT molecular complexity index is 1020. The minimum absolute atomic E-state index is 0.128. The van der Waals surface area contributed by atoms with Gasteiger partial charge in [-0.25, -0.2) is 23.3 Å². The molecular weight excluding hydrogens is 360 g/mol. The normalized spacial score (nSPS) is 18.7. The zero-order valence-electron chi connectivity index (χ0n) is 14.5. The first-order valence-corrected chi connectivity index (χ1v) is 8.14. The number of halogens is 2. The van der Waals surface area contributed by atoms with Crippen molar-refractivity contribution in [3.8, 4) is 23.1 Å². The van der Waals surface area contributed by atoms with Crippen LogP contribution in [0.5, 0.6) is 11.9 Å². The van der Waals surface area contributed by atoms with Crippen molar-refractivity contribution in [3.63, 3.8) is 0 Å². The van der Waals surface area contributed by atoms with Crippen LogP contribution in [-0.2, 0) is 0 Å². The largest absolute Gasteiger partial charge is 0.480 e. The maximum absolute atomic E-state index is 13.1. The fourth-order valence-electron chi connectivity index (χ4n) is 3.11. The Hall–Kier alpha value is -3.17. The number of alkyl halides is 2. The molecule has 0 saturated heterocycles. The highest BCUT2D eigenvalue weighted by atomic mass is 19.3. The predicted octanol–water partition coefficient (Wildman–Crippen LogP) is 2.38. The third kappa shape index (κ3) is 2.96. The van der Waals surface area contributed by atoms with Gasteiger partial charge in [-0.3, -0.25) is 4.79 Å². The Kier molecular flexibility index (Phi) is 4.17. The quantitative estimate of drug-likeness (QED) is 0.611. The van der Waals surface area contributed by atoms with E-state index in [9.17, 15) is 13.6 Å². The number of fused-ring (bicyclic) bond motifs is 1. The molecule has 140 valence electrons. The van der Waals surface area contributed by atoms with Gasteiger partial charge in [0.1, 0.15) is 5.69 Å². The highest BCUT2D eigenvalue weighted by molar-refractivity contribution is 5.75. The SMILES string of the molecule is COc1ncc(-c2cc([C@H]3C[C@@H]3C(F)F)c3nc(C=O)cn3n2)c(OC)n1. The summed E-state index contributed by atoms with van der Waals surface area (Å²) < 4.78 is 37.9. The van der Waals surface area contributed by atoms with Crippen LogP contribution >= 0.6 is 0 Å². The van der Waals surface area contributed by atoms with Crippen LogP contribution in [0.3, 0.4) is 0 Å². The Morgan fingerprint density at radius 1 is 1.30 bits per heavy atom. The Balaban J connectivity index is 1.88. The van der Waals surface area contributed by atoms with Gasteiger partial charge in [-0.15, -0.1) is 0 Å². The summed E-state index contributed by atoms with van der Waals surface area (Å²) in [5.41, 5.74) is 2.07. The van der Waals surface area contributed by atoms with Gasteiger partial charge in [-0.05, 0) is 18.4 Å². The molecule has 1 aliphatic carbocycles. The van der Waals surface area contributed by atoms with E-state index in [1.54, 1.807) is 6.07 Å². The molecule has 4 rings (SSSR count). The number of hydrogen-bond donors (Lipinski definition) is 0. The molecule has 3 aromatic heterocycles. The first-order chi connectivity index (χ1) is 13.0. The molecule has 0 amide bonds. The summed E-state index contributed by atoms with van der Waals surface area (Å²) in [7, 11) is 2.88. The summed E-state index contributed by atoms with van der Waals surface area (Å²) in [6.45, 7) is 0. The second-order valence-corrected chi connectivity index (χ2v) is 6.16. The van der Waals surface area contributed by atoms with Crippen LogP contribution in [0.2, 0.25) is 0 Å². The van der Waals surface area contributed by atoms with Gasteiger partial charge in [0.15, 0.2) is 11.9 Å². The van der Waals surface area contributed by atoms with Crippen molar-refractivity contribution in [2.24, 2.45) is 5.92 Å². The molecule has 0 radical (unpaired) electrons. The van der Waals surface area contributed by atoms with Gasteiger partial charge in [0, 0.05) is 17.7 Å². The summed E-state index contributed by atoms with van der Waals surface area (Å²) in [6, 6.07) is 1.81.